The van der Waals surface area contributed by atoms with E-state index in [0.29, 0.717) is 11.4 Å². The molecule has 4 nitrogen and oxygen atoms in total. The molecule has 0 spiro atoms. The van der Waals surface area contributed by atoms with Crippen molar-refractivity contribution in [1.82, 2.24) is 0 Å². The number of nitrogens with zero attached hydrogens (tertiary/aromatic N) is 1. The van der Waals surface area contributed by atoms with Crippen LogP contribution in [0.5, 0.6) is 0 Å². The molecule has 0 radical (unpaired) electrons. The lowest BCUT2D eigenvalue weighted by Gasteiger charge is -2.22. The fraction of sp³-hybridized carbons (Fsp3) is 0.714. The molecule has 1 N–H and O–H groups in total. The highest BCUT2D eigenvalue weighted by molar-refractivity contribution is 5.74. The molecule has 0 unspecified atom stereocenters. The number of anilines is 2. The molecule has 0 fully saturated rings. The van der Waals surface area contributed by atoms with Crippen molar-refractivity contribution in [2.75, 3.05) is 30.4 Å². The first kappa shape index (κ1) is 14.7. The largest absolute Gasteiger partial charge is 0.380 e. The quantitative estimate of drug-likeness (QED) is 0.571. The van der Waals surface area contributed by atoms with Gasteiger partial charge in [0.15, 0.2) is 0 Å². The Morgan fingerprint density at radius 2 is 1.89 bits per heavy atom. The third kappa shape index (κ3) is 3.34. The monoisotopic (exact) mass is 254 g/mol. The zero-order valence-corrected chi connectivity index (χ0v) is 11.9. The van der Waals surface area contributed by atoms with Crippen molar-refractivity contribution in [1.29, 1.82) is 0 Å². The maximum atomic E-state index is 11.5. The summed E-state index contributed by atoms with van der Waals surface area (Å²) >= 11 is 0. The average Bonchev–Trinajstić information content (AvgIpc) is 2.35. The summed E-state index contributed by atoms with van der Waals surface area (Å²) in [6, 6.07) is 0. The van der Waals surface area contributed by atoms with Crippen LogP contribution in [0.25, 0.3) is 0 Å². The first-order valence-corrected chi connectivity index (χ1v) is 6.77. The molecule has 18 heavy (non-hydrogen) atoms. The molecule has 0 aliphatic rings. The standard InChI is InChI=1S/C14H24N2O2.H2/c1-5-16(4)12-11(13(17)14(12)18)15-9-7-6-8-10(2)3;/h10,15H,5-9H2,1-4H3;1H. The molecule has 104 valence electrons. The van der Waals surface area contributed by atoms with Crippen molar-refractivity contribution in [3.05, 3.63) is 20.4 Å². The van der Waals surface area contributed by atoms with Gasteiger partial charge in [0.1, 0.15) is 11.4 Å². The first-order valence-electron chi connectivity index (χ1n) is 6.77. The topological polar surface area (TPSA) is 49.4 Å². The van der Waals surface area contributed by atoms with Crippen LogP contribution >= 0.6 is 0 Å². The van der Waals surface area contributed by atoms with Gasteiger partial charge in [-0.2, -0.15) is 0 Å². The summed E-state index contributed by atoms with van der Waals surface area (Å²) in [7, 11) is 1.83. The fourth-order valence-electron chi connectivity index (χ4n) is 1.96. The van der Waals surface area contributed by atoms with E-state index in [9.17, 15) is 9.59 Å². The minimum atomic E-state index is -0.367. The smallest absolute Gasteiger partial charge is 0.253 e. The number of hydrogen-bond donors (Lipinski definition) is 1. The van der Waals surface area contributed by atoms with Crippen molar-refractivity contribution >= 4 is 11.4 Å². The lowest BCUT2D eigenvalue weighted by molar-refractivity contribution is 0.544. The second-order valence-electron chi connectivity index (χ2n) is 5.21. The van der Waals surface area contributed by atoms with Crippen molar-refractivity contribution < 1.29 is 1.43 Å². The molecule has 0 bridgehead atoms. The van der Waals surface area contributed by atoms with Crippen LogP contribution in [0.15, 0.2) is 9.59 Å². The predicted molar refractivity (Wildman–Crippen MR) is 79.6 cm³/mol. The lowest BCUT2D eigenvalue weighted by atomic mass is 10.1. The van der Waals surface area contributed by atoms with E-state index in [-0.39, 0.29) is 12.3 Å². The molecule has 1 aromatic rings. The Balaban J connectivity index is 0.00000324. The van der Waals surface area contributed by atoms with Crippen LogP contribution in [0.1, 0.15) is 41.5 Å². The highest BCUT2D eigenvalue weighted by Crippen LogP contribution is 2.18. The molecule has 0 aliphatic carbocycles. The summed E-state index contributed by atoms with van der Waals surface area (Å²) in [6.45, 7) is 7.87. The molecule has 0 saturated heterocycles. The van der Waals surface area contributed by atoms with Crippen LogP contribution in [0.4, 0.5) is 11.4 Å². The first-order chi connectivity index (χ1) is 8.49. The van der Waals surface area contributed by atoms with Crippen molar-refractivity contribution in [2.24, 2.45) is 5.92 Å². The van der Waals surface area contributed by atoms with Crippen LogP contribution < -0.4 is 21.1 Å². The maximum absolute atomic E-state index is 11.5. The molecule has 0 atom stereocenters. The van der Waals surface area contributed by atoms with Gasteiger partial charge in [0.25, 0.3) is 10.9 Å². The molecule has 0 aromatic heterocycles. The molecule has 0 amide bonds. The molecule has 1 aromatic carbocycles. The average molecular weight is 254 g/mol. The summed E-state index contributed by atoms with van der Waals surface area (Å²) < 4.78 is 0. The van der Waals surface area contributed by atoms with Gasteiger partial charge in [-0.3, -0.25) is 9.59 Å². The Morgan fingerprint density at radius 1 is 1.22 bits per heavy atom. The molecule has 0 aliphatic heterocycles. The van der Waals surface area contributed by atoms with Crippen molar-refractivity contribution in [2.45, 2.75) is 40.0 Å². The summed E-state index contributed by atoms with van der Waals surface area (Å²) in [4.78, 5) is 24.7. The Bertz CT molecular complexity index is 450. The van der Waals surface area contributed by atoms with E-state index in [4.69, 9.17) is 0 Å². The highest BCUT2D eigenvalue weighted by atomic mass is 16.2. The zero-order chi connectivity index (χ0) is 13.7. The van der Waals surface area contributed by atoms with E-state index >= 15 is 0 Å². The molecule has 0 heterocycles. The summed E-state index contributed by atoms with van der Waals surface area (Å²) in [6.07, 6.45) is 3.39. The second kappa shape index (κ2) is 6.57. The second-order valence-corrected chi connectivity index (χ2v) is 5.21. The van der Waals surface area contributed by atoms with Crippen molar-refractivity contribution in [3.8, 4) is 0 Å². The molecular formula is C14H26N2O2. The Morgan fingerprint density at radius 3 is 2.44 bits per heavy atom. The van der Waals surface area contributed by atoms with Crippen molar-refractivity contribution in [3.63, 3.8) is 0 Å². The zero-order valence-electron chi connectivity index (χ0n) is 11.9. The predicted octanol–water partition coefficient (Wildman–Crippen LogP) is 2.22. The van der Waals surface area contributed by atoms with Gasteiger partial charge in [-0.05, 0) is 19.3 Å². The summed E-state index contributed by atoms with van der Waals surface area (Å²) in [5.41, 5.74) is 0.332. The van der Waals surface area contributed by atoms with E-state index in [1.54, 1.807) is 0 Å². The van der Waals surface area contributed by atoms with Gasteiger partial charge in [0.2, 0.25) is 0 Å². The van der Waals surface area contributed by atoms with Gasteiger partial charge in [-0.25, -0.2) is 0 Å². The van der Waals surface area contributed by atoms with Crippen LogP contribution in [-0.2, 0) is 0 Å². The van der Waals surface area contributed by atoms with E-state index in [1.165, 1.54) is 6.42 Å². The maximum Gasteiger partial charge on any atom is 0.253 e. The van der Waals surface area contributed by atoms with Gasteiger partial charge >= 0.3 is 0 Å². The van der Waals surface area contributed by atoms with Crippen LogP contribution in [0.3, 0.4) is 0 Å². The number of rotatable bonds is 8. The van der Waals surface area contributed by atoms with Gasteiger partial charge < -0.3 is 10.2 Å². The lowest BCUT2D eigenvalue weighted by Crippen LogP contribution is -2.41. The van der Waals surface area contributed by atoms with Crippen LogP contribution in [0, 0.1) is 5.92 Å². The highest BCUT2D eigenvalue weighted by Gasteiger charge is 2.22. The molecule has 1 rings (SSSR count). The van der Waals surface area contributed by atoms with Crippen LogP contribution in [-0.4, -0.2) is 20.1 Å². The normalized spacial score (nSPS) is 11.2. The van der Waals surface area contributed by atoms with Gasteiger partial charge in [-0.15, -0.1) is 0 Å². The van der Waals surface area contributed by atoms with E-state index in [2.05, 4.69) is 19.2 Å². The Hall–Kier alpha value is -1.32. The molecule has 0 saturated carbocycles. The van der Waals surface area contributed by atoms with Gasteiger partial charge in [0.05, 0.1) is 0 Å². The van der Waals surface area contributed by atoms with Gasteiger partial charge in [-0.1, -0.05) is 26.7 Å². The summed E-state index contributed by atoms with van der Waals surface area (Å²) in [5.74, 6) is 0.720. The van der Waals surface area contributed by atoms with Gasteiger partial charge in [0, 0.05) is 21.6 Å². The van der Waals surface area contributed by atoms with Crippen LogP contribution in [0.2, 0.25) is 0 Å². The molecular weight excluding hydrogens is 228 g/mol. The number of unbranched alkanes of at least 4 members (excludes halogenated alkanes) is 1. The minimum Gasteiger partial charge on any atom is -0.380 e. The summed E-state index contributed by atoms with van der Waals surface area (Å²) in [5, 5.41) is 3.11. The molecule has 4 heteroatoms. The Labute approximate surface area is 110 Å². The third-order valence-corrected chi connectivity index (χ3v) is 3.25. The minimum absolute atomic E-state index is 0. The SMILES string of the molecule is CCN(C)c1c(NCCCCC(C)C)c(=O)c1=O.[HH]. The number of hydrogen-bond acceptors (Lipinski definition) is 4. The van der Waals surface area contributed by atoms with E-state index in [1.807, 2.05) is 18.9 Å². The third-order valence-electron chi connectivity index (χ3n) is 3.25. The van der Waals surface area contributed by atoms with E-state index in [0.717, 1.165) is 31.8 Å². The number of nitrogens with one attached hydrogen (secondary N) is 1. The fourth-order valence-corrected chi connectivity index (χ4v) is 1.96. The van der Waals surface area contributed by atoms with E-state index < -0.39 is 0 Å². The Kier molecular flexibility index (Phi) is 5.38.